The highest BCUT2D eigenvalue weighted by Gasteiger charge is 2.36. The van der Waals surface area contributed by atoms with Gasteiger partial charge in [0.15, 0.2) is 0 Å². The molecule has 0 bridgehead atoms. The lowest BCUT2D eigenvalue weighted by atomic mass is 9.86. The summed E-state index contributed by atoms with van der Waals surface area (Å²) in [7, 11) is 0. The number of hydrogen-bond acceptors (Lipinski definition) is 3. The molecule has 0 amide bonds. The zero-order valence-electron chi connectivity index (χ0n) is 11.1. The first-order chi connectivity index (χ1) is 8.33. The van der Waals surface area contributed by atoms with Crippen molar-refractivity contribution in [2.45, 2.75) is 45.0 Å². The molecule has 2 N–H and O–H groups in total. The third-order valence-electron chi connectivity index (χ3n) is 3.09. The smallest absolute Gasteiger partial charge is 0.388 e. The number of aromatic nitrogens is 1. The molecular weight excluding hydrogens is 281 g/mol. The van der Waals surface area contributed by atoms with Crippen molar-refractivity contribution < 1.29 is 18.3 Å². The molecule has 0 aliphatic rings. The molecule has 3 nitrogen and oxygen atoms in total. The molecule has 1 aromatic rings. The second-order valence-electron chi connectivity index (χ2n) is 5.37. The lowest BCUT2D eigenvalue weighted by Crippen LogP contribution is -2.51. The topological polar surface area (TPSA) is 45.1 Å². The molecule has 0 radical (unpaired) electrons. The van der Waals surface area contributed by atoms with Gasteiger partial charge in [-0.15, -0.1) is 0 Å². The first-order valence-electron chi connectivity index (χ1n) is 5.58. The molecule has 7 heteroatoms. The zero-order chi connectivity index (χ0) is 15.1. The van der Waals surface area contributed by atoms with E-state index in [9.17, 15) is 18.3 Å². The highest BCUT2D eigenvalue weighted by molar-refractivity contribution is 6.29. The Hall–Kier alpha value is -1.01. The molecular formula is C12H16ClF3N2O. The van der Waals surface area contributed by atoms with Crippen LogP contribution >= 0.6 is 11.6 Å². The fraction of sp³-hybridized carbons (Fsp3) is 0.583. The SMILES string of the molecule is CC(C)(O)C(C)(C)Nc1cc(C(F)(F)F)cc(Cl)n1. The van der Waals surface area contributed by atoms with Gasteiger partial charge in [-0.25, -0.2) is 4.98 Å². The van der Waals surface area contributed by atoms with Gasteiger partial charge in [0.05, 0.1) is 16.7 Å². The molecule has 0 saturated carbocycles. The van der Waals surface area contributed by atoms with Crippen molar-refractivity contribution in [3.05, 3.63) is 22.8 Å². The average molecular weight is 297 g/mol. The molecule has 0 atom stereocenters. The summed E-state index contributed by atoms with van der Waals surface area (Å²) in [4.78, 5) is 3.79. The van der Waals surface area contributed by atoms with Gasteiger partial charge >= 0.3 is 6.18 Å². The van der Waals surface area contributed by atoms with Gasteiger partial charge in [-0.05, 0) is 39.8 Å². The molecule has 0 spiro atoms. The molecule has 1 aromatic heterocycles. The summed E-state index contributed by atoms with van der Waals surface area (Å²) in [5.74, 6) is -0.0352. The van der Waals surface area contributed by atoms with Crippen LogP contribution < -0.4 is 5.32 Å². The Morgan fingerprint density at radius 1 is 1.16 bits per heavy atom. The Kier molecular flexibility index (Phi) is 4.08. The van der Waals surface area contributed by atoms with Gasteiger partial charge in [0.2, 0.25) is 0 Å². The van der Waals surface area contributed by atoms with Crippen molar-refractivity contribution in [3.63, 3.8) is 0 Å². The van der Waals surface area contributed by atoms with E-state index in [4.69, 9.17) is 11.6 Å². The quantitative estimate of drug-likeness (QED) is 0.836. The van der Waals surface area contributed by atoms with Gasteiger partial charge in [-0.3, -0.25) is 0 Å². The second-order valence-corrected chi connectivity index (χ2v) is 5.76. The van der Waals surface area contributed by atoms with Gasteiger partial charge in [-0.1, -0.05) is 11.6 Å². The maximum absolute atomic E-state index is 12.7. The van der Waals surface area contributed by atoms with Crippen molar-refractivity contribution in [1.29, 1.82) is 0 Å². The Morgan fingerprint density at radius 2 is 1.68 bits per heavy atom. The van der Waals surface area contributed by atoms with Crippen molar-refractivity contribution in [1.82, 2.24) is 4.98 Å². The third kappa shape index (κ3) is 3.98. The standard InChI is InChI=1S/C12H16ClF3N2O/c1-10(2,11(3,4)19)18-9-6-7(12(14,15)16)5-8(13)17-9/h5-6,19H,1-4H3,(H,17,18). The summed E-state index contributed by atoms with van der Waals surface area (Å²) in [5, 5.41) is 12.5. The van der Waals surface area contributed by atoms with Crippen LogP contribution in [0.4, 0.5) is 19.0 Å². The summed E-state index contributed by atoms with van der Waals surface area (Å²) in [6.45, 7) is 6.41. The zero-order valence-corrected chi connectivity index (χ0v) is 11.8. The molecule has 0 saturated heterocycles. The maximum Gasteiger partial charge on any atom is 0.416 e. The number of aliphatic hydroxyl groups is 1. The van der Waals surface area contributed by atoms with Crippen LogP contribution in [-0.2, 0) is 6.18 Å². The van der Waals surface area contributed by atoms with Gasteiger partial charge in [0.25, 0.3) is 0 Å². The molecule has 0 unspecified atom stereocenters. The van der Waals surface area contributed by atoms with Crippen molar-refractivity contribution in [2.24, 2.45) is 0 Å². The van der Waals surface area contributed by atoms with Gasteiger partial charge in [0, 0.05) is 0 Å². The summed E-state index contributed by atoms with van der Waals surface area (Å²) in [6.07, 6.45) is -4.50. The molecule has 0 aromatic carbocycles. The number of nitrogens with zero attached hydrogens (tertiary/aromatic N) is 1. The molecule has 1 heterocycles. The lowest BCUT2D eigenvalue weighted by molar-refractivity contribution is -0.137. The van der Waals surface area contributed by atoms with E-state index < -0.39 is 22.9 Å². The Morgan fingerprint density at radius 3 is 2.11 bits per heavy atom. The van der Waals surface area contributed by atoms with E-state index in [0.29, 0.717) is 0 Å². The Labute approximate surface area is 114 Å². The second kappa shape index (κ2) is 4.83. The number of alkyl halides is 3. The monoisotopic (exact) mass is 296 g/mol. The summed E-state index contributed by atoms with van der Waals surface area (Å²) in [5.41, 5.74) is -2.93. The van der Waals surface area contributed by atoms with E-state index in [1.165, 1.54) is 0 Å². The molecule has 108 valence electrons. The van der Waals surface area contributed by atoms with Gasteiger partial charge in [0.1, 0.15) is 11.0 Å². The van der Waals surface area contributed by atoms with Crippen LogP contribution in [0.15, 0.2) is 12.1 Å². The Balaban J connectivity index is 3.13. The highest BCUT2D eigenvalue weighted by Crippen LogP contribution is 2.33. The third-order valence-corrected chi connectivity index (χ3v) is 3.29. The van der Waals surface area contributed by atoms with Crippen molar-refractivity contribution in [3.8, 4) is 0 Å². The predicted molar refractivity (Wildman–Crippen MR) is 68.2 cm³/mol. The van der Waals surface area contributed by atoms with Gasteiger partial charge in [-0.2, -0.15) is 13.2 Å². The first-order valence-corrected chi connectivity index (χ1v) is 5.96. The van der Waals surface area contributed by atoms with E-state index in [1.807, 2.05) is 0 Å². The van der Waals surface area contributed by atoms with E-state index in [0.717, 1.165) is 12.1 Å². The minimum Gasteiger partial charge on any atom is -0.388 e. The minimum atomic E-state index is -4.50. The van der Waals surface area contributed by atoms with E-state index in [2.05, 4.69) is 10.3 Å². The first kappa shape index (κ1) is 16.0. The van der Waals surface area contributed by atoms with Crippen molar-refractivity contribution in [2.75, 3.05) is 5.32 Å². The normalized spacial score (nSPS) is 13.5. The molecule has 0 fully saturated rings. The molecule has 0 aliphatic heterocycles. The number of rotatable bonds is 3. The van der Waals surface area contributed by atoms with E-state index >= 15 is 0 Å². The minimum absolute atomic E-state index is 0.0352. The molecule has 1 rings (SSSR count). The van der Waals surface area contributed by atoms with E-state index in [-0.39, 0.29) is 11.0 Å². The highest BCUT2D eigenvalue weighted by atomic mass is 35.5. The maximum atomic E-state index is 12.7. The van der Waals surface area contributed by atoms with Crippen LogP contribution in [0.1, 0.15) is 33.3 Å². The van der Waals surface area contributed by atoms with Crippen molar-refractivity contribution >= 4 is 17.4 Å². The fourth-order valence-electron chi connectivity index (χ4n) is 1.20. The molecule has 0 aliphatic carbocycles. The largest absolute Gasteiger partial charge is 0.416 e. The van der Waals surface area contributed by atoms with Gasteiger partial charge < -0.3 is 10.4 Å². The van der Waals surface area contributed by atoms with Crippen LogP contribution in [0.25, 0.3) is 0 Å². The fourth-order valence-corrected chi connectivity index (χ4v) is 1.41. The van der Waals surface area contributed by atoms with Crippen LogP contribution in [0.2, 0.25) is 5.15 Å². The van der Waals surface area contributed by atoms with E-state index in [1.54, 1.807) is 27.7 Å². The van der Waals surface area contributed by atoms with Crippen LogP contribution in [-0.4, -0.2) is 21.2 Å². The molecule has 19 heavy (non-hydrogen) atoms. The van der Waals surface area contributed by atoms with Crippen LogP contribution in [0.5, 0.6) is 0 Å². The number of anilines is 1. The summed E-state index contributed by atoms with van der Waals surface area (Å²) >= 11 is 5.59. The summed E-state index contributed by atoms with van der Waals surface area (Å²) in [6, 6.07) is 1.61. The summed E-state index contributed by atoms with van der Waals surface area (Å²) < 4.78 is 38.0. The number of pyridine rings is 1. The van der Waals surface area contributed by atoms with Crippen LogP contribution in [0, 0.1) is 0 Å². The lowest BCUT2D eigenvalue weighted by Gasteiger charge is -2.38. The average Bonchev–Trinajstić information content (AvgIpc) is 2.12. The number of hydrogen-bond donors (Lipinski definition) is 2. The van der Waals surface area contributed by atoms with Crippen LogP contribution in [0.3, 0.4) is 0 Å². The number of halogens is 4. The predicted octanol–water partition coefficient (Wildman–Crippen LogP) is 3.72. The Bertz CT molecular complexity index is 467. The number of nitrogens with one attached hydrogen (secondary N) is 1.